The first-order valence-corrected chi connectivity index (χ1v) is 12.2. The number of nitrogens with zero attached hydrogens (tertiary/aromatic N) is 2. The molecular formula is C27H28F2N4O2. The van der Waals surface area contributed by atoms with Crippen LogP contribution in [0.25, 0.3) is 0 Å². The molecule has 0 spiro atoms. The summed E-state index contributed by atoms with van der Waals surface area (Å²) in [6.07, 6.45) is 5.17. The van der Waals surface area contributed by atoms with Gasteiger partial charge in [-0.3, -0.25) is 0 Å². The third-order valence-electron chi connectivity index (χ3n) is 7.93. The summed E-state index contributed by atoms with van der Waals surface area (Å²) in [7, 11) is 0. The number of oxazole rings is 1. The van der Waals surface area contributed by atoms with Gasteiger partial charge in [0.15, 0.2) is 0 Å². The Kier molecular flexibility index (Phi) is 5.56. The first kappa shape index (κ1) is 22.2. The summed E-state index contributed by atoms with van der Waals surface area (Å²) in [5.41, 5.74) is 1.84. The summed E-state index contributed by atoms with van der Waals surface area (Å²) in [5.74, 6) is -0.433. The predicted octanol–water partition coefficient (Wildman–Crippen LogP) is 4.36. The Morgan fingerprint density at radius 3 is 2.57 bits per heavy atom. The van der Waals surface area contributed by atoms with E-state index in [1.165, 1.54) is 18.6 Å². The van der Waals surface area contributed by atoms with Crippen LogP contribution in [0.1, 0.15) is 47.9 Å². The zero-order valence-corrected chi connectivity index (χ0v) is 19.3. The Hall–Kier alpha value is -3.26. The summed E-state index contributed by atoms with van der Waals surface area (Å²) in [5, 5.41) is 6.86. The molecule has 2 aromatic carbocycles. The lowest BCUT2D eigenvalue weighted by Gasteiger charge is -2.53. The number of hydrogen-bond acceptors (Lipinski definition) is 4. The van der Waals surface area contributed by atoms with Gasteiger partial charge < -0.3 is 20.0 Å². The van der Waals surface area contributed by atoms with Gasteiger partial charge in [-0.25, -0.2) is 18.6 Å². The summed E-state index contributed by atoms with van der Waals surface area (Å²) >= 11 is 0. The molecule has 3 aromatic rings. The van der Waals surface area contributed by atoms with Gasteiger partial charge in [0, 0.05) is 32.1 Å². The number of hydrogen-bond donors (Lipinski definition) is 2. The minimum atomic E-state index is -0.613. The molecule has 2 amide bonds. The average Bonchev–Trinajstić information content (AvgIpc) is 3.35. The second-order valence-electron chi connectivity index (χ2n) is 9.99. The Bertz CT molecular complexity index is 1210. The lowest BCUT2D eigenvalue weighted by Crippen LogP contribution is -2.68. The van der Waals surface area contributed by atoms with Crippen molar-refractivity contribution in [1.29, 1.82) is 0 Å². The standard InChI is InChI=1S/C27H28F2N4O2/c28-20-9-18(10-21(29)12-20)11-22-15-35-25(31-22)23-13-30-16-27(19-7-4-8-19)24(23)32-26(34)33(27)14-17-5-2-1-3-6-17/h1-3,5-6,9-10,12,15,19,23-24,30H,4,7-8,11,13-14,16H2,(H,32,34). The van der Waals surface area contributed by atoms with Crippen molar-refractivity contribution in [3.05, 3.63) is 89.1 Å². The van der Waals surface area contributed by atoms with Crippen molar-refractivity contribution in [3.8, 4) is 0 Å². The first-order valence-electron chi connectivity index (χ1n) is 12.2. The van der Waals surface area contributed by atoms with E-state index < -0.39 is 11.6 Å². The Balaban J connectivity index is 1.29. The molecular weight excluding hydrogens is 450 g/mol. The van der Waals surface area contributed by atoms with Gasteiger partial charge in [-0.2, -0.15) is 0 Å². The molecule has 3 unspecified atom stereocenters. The number of nitrogens with one attached hydrogen (secondary N) is 2. The van der Waals surface area contributed by atoms with E-state index in [4.69, 9.17) is 9.40 Å². The molecule has 1 saturated carbocycles. The Labute approximate surface area is 202 Å². The largest absolute Gasteiger partial charge is 0.448 e. The predicted molar refractivity (Wildman–Crippen MR) is 126 cm³/mol. The minimum absolute atomic E-state index is 0.0542. The topological polar surface area (TPSA) is 70.4 Å². The summed E-state index contributed by atoms with van der Waals surface area (Å²) in [4.78, 5) is 20.1. The third kappa shape index (κ3) is 3.89. The molecule has 3 heterocycles. The first-order chi connectivity index (χ1) is 17.0. The summed E-state index contributed by atoms with van der Waals surface area (Å²) < 4.78 is 33.1. The van der Waals surface area contributed by atoms with Crippen LogP contribution in [0.4, 0.5) is 13.6 Å². The van der Waals surface area contributed by atoms with Crippen LogP contribution < -0.4 is 10.6 Å². The van der Waals surface area contributed by atoms with E-state index in [-0.39, 0.29) is 30.0 Å². The van der Waals surface area contributed by atoms with Gasteiger partial charge in [0.05, 0.1) is 23.2 Å². The number of rotatable bonds is 6. The molecule has 3 atom stereocenters. The smallest absolute Gasteiger partial charge is 0.318 e. The van der Waals surface area contributed by atoms with Crippen molar-refractivity contribution in [1.82, 2.24) is 20.5 Å². The van der Waals surface area contributed by atoms with Crippen LogP contribution in [0.2, 0.25) is 0 Å². The van der Waals surface area contributed by atoms with E-state index in [1.807, 2.05) is 23.1 Å². The van der Waals surface area contributed by atoms with Crippen LogP contribution in [0.3, 0.4) is 0 Å². The molecule has 1 aliphatic carbocycles. The fraction of sp³-hybridized carbons (Fsp3) is 0.407. The third-order valence-corrected chi connectivity index (χ3v) is 7.93. The zero-order valence-electron chi connectivity index (χ0n) is 19.3. The van der Waals surface area contributed by atoms with E-state index in [2.05, 4.69) is 22.8 Å². The highest BCUT2D eigenvalue weighted by Crippen LogP contribution is 2.49. The van der Waals surface area contributed by atoms with E-state index in [0.29, 0.717) is 36.2 Å². The van der Waals surface area contributed by atoms with Gasteiger partial charge in [0.25, 0.3) is 0 Å². The number of benzene rings is 2. The van der Waals surface area contributed by atoms with E-state index in [1.54, 1.807) is 6.26 Å². The fourth-order valence-corrected chi connectivity index (χ4v) is 6.13. The van der Waals surface area contributed by atoms with Crippen molar-refractivity contribution in [3.63, 3.8) is 0 Å². The molecule has 0 bridgehead atoms. The highest BCUT2D eigenvalue weighted by atomic mass is 19.1. The highest BCUT2D eigenvalue weighted by molar-refractivity contribution is 5.79. The van der Waals surface area contributed by atoms with Crippen LogP contribution in [0.15, 0.2) is 59.2 Å². The number of amides is 2. The van der Waals surface area contributed by atoms with E-state index in [9.17, 15) is 13.6 Å². The van der Waals surface area contributed by atoms with Crippen LogP contribution in [-0.2, 0) is 13.0 Å². The fourth-order valence-electron chi connectivity index (χ4n) is 6.13. The van der Waals surface area contributed by atoms with Crippen molar-refractivity contribution in [2.45, 2.75) is 49.7 Å². The molecule has 3 fully saturated rings. The highest BCUT2D eigenvalue weighted by Gasteiger charge is 2.62. The van der Waals surface area contributed by atoms with Crippen molar-refractivity contribution >= 4 is 6.03 Å². The van der Waals surface area contributed by atoms with Crippen molar-refractivity contribution in [2.24, 2.45) is 5.92 Å². The molecule has 0 radical (unpaired) electrons. The zero-order chi connectivity index (χ0) is 24.0. The Morgan fingerprint density at radius 2 is 1.86 bits per heavy atom. The van der Waals surface area contributed by atoms with Gasteiger partial charge in [-0.15, -0.1) is 0 Å². The molecule has 2 N–H and O–H groups in total. The van der Waals surface area contributed by atoms with Crippen LogP contribution in [-0.4, -0.2) is 40.6 Å². The van der Waals surface area contributed by atoms with E-state index in [0.717, 1.165) is 31.0 Å². The maximum absolute atomic E-state index is 13.6. The van der Waals surface area contributed by atoms with Crippen molar-refractivity contribution < 1.29 is 18.0 Å². The molecule has 1 aromatic heterocycles. The van der Waals surface area contributed by atoms with Crippen molar-refractivity contribution in [2.75, 3.05) is 13.1 Å². The van der Waals surface area contributed by atoms with Crippen LogP contribution in [0.5, 0.6) is 0 Å². The number of aromatic nitrogens is 1. The molecule has 6 nitrogen and oxygen atoms in total. The molecule has 35 heavy (non-hydrogen) atoms. The lowest BCUT2D eigenvalue weighted by molar-refractivity contribution is 0.00485. The lowest BCUT2D eigenvalue weighted by atomic mass is 9.63. The second kappa shape index (κ2) is 8.75. The number of fused-ring (bicyclic) bond motifs is 1. The van der Waals surface area contributed by atoms with Gasteiger partial charge in [-0.1, -0.05) is 36.8 Å². The normalized spacial score (nSPS) is 26.3. The number of urea groups is 1. The summed E-state index contributed by atoms with van der Waals surface area (Å²) in [6, 6.07) is 13.4. The molecule has 6 rings (SSSR count). The number of carbonyl (C=O) groups excluding carboxylic acids is 1. The summed E-state index contributed by atoms with van der Waals surface area (Å²) in [6.45, 7) is 1.91. The maximum Gasteiger partial charge on any atom is 0.318 e. The van der Waals surface area contributed by atoms with Gasteiger partial charge in [0.2, 0.25) is 5.89 Å². The quantitative estimate of drug-likeness (QED) is 0.552. The van der Waals surface area contributed by atoms with Gasteiger partial charge in [-0.05, 0) is 42.0 Å². The van der Waals surface area contributed by atoms with Gasteiger partial charge >= 0.3 is 6.03 Å². The maximum atomic E-state index is 13.6. The minimum Gasteiger partial charge on any atom is -0.448 e. The van der Waals surface area contributed by atoms with Crippen LogP contribution >= 0.6 is 0 Å². The number of carbonyl (C=O) groups is 1. The number of piperidine rings is 1. The Morgan fingerprint density at radius 1 is 1.09 bits per heavy atom. The molecule has 182 valence electrons. The SMILES string of the molecule is O=C1NC2C(c3nc(Cc4cc(F)cc(F)c4)co3)CNCC2(C2CCC2)N1Cc1ccccc1. The van der Waals surface area contributed by atoms with Crippen LogP contribution in [0, 0.1) is 17.6 Å². The number of halogens is 2. The molecule has 2 saturated heterocycles. The molecule has 8 heteroatoms. The van der Waals surface area contributed by atoms with Gasteiger partial charge in [0.1, 0.15) is 17.9 Å². The molecule has 2 aliphatic heterocycles. The molecule has 3 aliphatic rings. The average molecular weight is 479 g/mol. The monoisotopic (exact) mass is 478 g/mol. The second-order valence-corrected chi connectivity index (χ2v) is 9.99. The van der Waals surface area contributed by atoms with E-state index >= 15 is 0 Å².